The van der Waals surface area contributed by atoms with Crippen LogP contribution in [0.4, 0.5) is 5.13 Å². The first-order chi connectivity index (χ1) is 11.2. The first-order valence-corrected chi connectivity index (χ1v) is 8.77. The summed E-state index contributed by atoms with van der Waals surface area (Å²) in [6, 6.07) is 6.59. The zero-order valence-corrected chi connectivity index (χ0v) is 14.0. The molecule has 6 nitrogen and oxygen atoms in total. The van der Waals surface area contributed by atoms with Crippen molar-refractivity contribution in [3.63, 3.8) is 0 Å². The Morgan fingerprint density at radius 2 is 2.09 bits per heavy atom. The van der Waals surface area contributed by atoms with Gasteiger partial charge in [0.15, 0.2) is 0 Å². The number of hydrogen-bond acceptors (Lipinski definition) is 6. The van der Waals surface area contributed by atoms with Crippen molar-refractivity contribution < 1.29 is 4.74 Å². The molecule has 2 aromatic rings. The second-order valence-corrected chi connectivity index (χ2v) is 7.00. The molecule has 0 N–H and O–H groups in total. The first-order valence-electron chi connectivity index (χ1n) is 7.95. The summed E-state index contributed by atoms with van der Waals surface area (Å²) in [5.74, 6) is 1.05. The highest BCUT2D eigenvalue weighted by molar-refractivity contribution is 7.13. The third-order valence-corrected chi connectivity index (χ3v) is 5.45. The van der Waals surface area contributed by atoms with Crippen LogP contribution in [0.1, 0.15) is 11.1 Å². The van der Waals surface area contributed by atoms with Crippen molar-refractivity contribution in [1.29, 1.82) is 0 Å². The molecule has 122 valence electrons. The van der Waals surface area contributed by atoms with Crippen LogP contribution in [-0.2, 0) is 20.0 Å². The van der Waals surface area contributed by atoms with Crippen LogP contribution in [0.2, 0.25) is 0 Å². The lowest BCUT2D eigenvalue weighted by Crippen LogP contribution is -2.46. The van der Waals surface area contributed by atoms with E-state index in [4.69, 9.17) is 4.74 Å². The lowest BCUT2D eigenvalue weighted by Gasteiger charge is -2.34. The molecule has 0 bridgehead atoms. The van der Waals surface area contributed by atoms with Crippen LogP contribution < -0.4 is 14.5 Å². The molecule has 1 fully saturated rings. The maximum absolute atomic E-state index is 11.6. The van der Waals surface area contributed by atoms with Gasteiger partial charge < -0.3 is 9.64 Å². The van der Waals surface area contributed by atoms with E-state index in [0.717, 1.165) is 56.6 Å². The van der Waals surface area contributed by atoms with Gasteiger partial charge in [-0.3, -0.25) is 9.69 Å². The largest absolute Gasteiger partial charge is 0.493 e. The van der Waals surface area contributed by atoms with Crippen molar-refractivity contribution in [3.05, 3.63) is 39.0 Å². The maximum Gasteiger partial charge on any atom is 0.326 e. The Bertz CT molecular complexity index is 762. The van der Waals surface area contributed by atoms with Crippen LogP contribution in [0.25, 0.3) is 0 Å². The van der Waals surface area contributed by atoms with Crippen molar-refractivity contribution in [2.45, 2.75) is 13.0 Å². The molecule has 0 radical (unpaired) electrons. The molecule has 2 aliphatic rings. The molecule has 0 saturated carbocycles. The topological polar surface area (TPSA) is 50.6 Å². The number of ether oxygens (including phenoxy) is 1. The fourth-order valence-electron chi connectivity index (χ4n) is 3.13. The first kappa shape index (κ1) is 14.7. The number of hydrogen-bond donors (Lipinski definition) is 0. The predicted octanol–water partition coefficient (Wildman–Crippen LogP) is 1.10. The average molecular weight is 332 g/mol. The SMILES string of the molecule is Cn1nc(N2CCN(Cc3ccc4c(c3)OCC4)CC2)sc1=O. The lowest BCUT2D eigenvalue weighted by molar-refractivity contribution is 0.249. The maximum atomic E-state index is 11.6. The van der Waals surface area contributed by atoms with Crippen LogP contribution in [0.3, 0.4) is 0 Å². The van der Waals surface area contributed by atoms with Gasteiger partial charge in [0.1, 0.15) is 5.75 Å². The van der Waals surface area contributed by atoms with Gasteiger partial charge in [-0.15, -0.1) is 5.10 Å². The normalized spacial score (nSPS) is 18.0. The lowest BCUT2D eigenvalue weighted by atomic mass is 10.1. The van der Waals surface area contributed by atoms with Gasteiger partial charge in [-0.25, -0.2) is 4.68 Å². The van der Waals surface area contributed by atoms with Crippen molar-refractivity contribution in [3.8, 4) is 5.75 Å². The predicted molar refractivity (Wildman–Crippen MR) is 90.5 cm³/mol. The van der Waals surface area contributed by atoms with E-state index >= 15 is 0 Å². The zero-order chi connectivity index (χ0) is 15.8. The van der Waals surface area contributed by atoms with Gasteiger partial charge in [0.05, 0.1) is 6.61 Å². The summed E-state index contributed by atoms with van der Waals surface area (Å²) in [7, 11) is 1.70. The number of rotatable bonds is 3. The molecule has 23 heavy (non-hydrogen) atoms. The van der Waals surface area contributed by atoms with Crippen LogP contribution >= 0.6 is 11.3 Å². The van der Waals surface area contributed by atoms with E-state index in [-0.39, 0.29) is 4.87 Å². The summed E-state index contributed by atoms with van der Waals surface area (Å²) in [6.45, 7) is 5.54. The summed E-state index contributed by atoms with van der Waals surface area (Å²) in [4.78, 5) is 16.2. The number of piperazine rings is 1. The standard InChI is InChI=1S/C16H20N4O2S/c1-18-16(21)23-15(17-18)20-7-5-19(6-8-20)11-12-2-3-13-4-9-22-14(13)10-12/h2-3,10H,4-9,11H2,1H3. The molecule has 0 spiro atoms. The monoisotopic (exact) mass is 332 g/mol. The van der Waals surface area contributed by atoms with Crippen molar-refractivity contribution in [2.75, 3.05) is 37.7 Å². The molecule has 1 saturated heterocycles. The van der Waals surface area contributed by atoms with E-state index in [1.54, 1.807) is 7.05 Å². The summed E-state index contributed by atoms with van der Waals surface area (Å²) < 4.78 is 7.06. The Hall–Kier alpha value is -1.86. The van der Waals surface area contributed by atoms with E-state index in [9.17, 15) is 4.79 Å². The molecule has 4 rings (SSSR count). The zero-order valence-electron chi connectivity index (χ0n) is 13.2. The van der Waals surface area contributed by atoms with E-state index in [1.165, 1.54) is 27.1 Å². The second kappa shape index (κ2) is 5.98. The Labute approximate surface area is 138 Å². The Balaban J connectivity index is 1.37. The highest BCUT2D eigenvalue weighted by atomic mass is 32.1. The van der Waals surface area contributed by atoms with Gasteiger partial charge >= 0.3 is 4.87 Å². The molecule has 0 unspecified atom stereocenters. The molecular weight excluding hydrogens is 312 g/mol. The van der Waals surface area contributed by atoms with Gasteiger partial charge in [-0.2, -0.15) is 0 Å². The van der Waals surface area contributed by atoms with E-state index in [2.05, 4.69) is 33.1 Å². The number of benzene rings is 1. The van der Waals surface area contributed by atoms with Crippen molar-refractivity contribution in [2.24, 2.45) is 7.05 Å². The van der Waals surface area contributed by atoms with Crippen molar-refractivity contribution >= 4 is 16.5 Å². The Morgan fingerprint density at radius 1 is 1.26 bits per heavy atom. The number of anilines is 1. The van der Waals surface area contributed by atoms with Gasteiger partial charge in [0.2, 0.25) is 5.13 Å². The molecule has 0 amide bonds. The van der Waals surface area contributed by atoms with Gasteiger partial charge in [0, 0.05) is 46.2 Å². The van der Waals surface area contributed by atoms with Crippen LogP contribution in [0.5, 0.6) is 5.75 Å². The van der Waals surface area contributed by atoms with Gasteiger partial charge in [-0.1, -0.05) is 12.1 Å². The Kier molecular flexibility index (Phi) is 3.82. The molecule has 1 aromatic heterocycles. The van der Waals surface area contributed by atoms with Gasteiger partial charge in [0.25, 0.3) is 0 Å². The summed E-state index contributed by atoms with van der Waals surface area (Å²) >= 11 is 1.23. The molecule has 0 aliphatic carbocycles. The fourth-order valence-corrected chi connectivity index (χ4v) is 3.93. The van der Waals surface area contributed by atoms with E-state index < -0.39 is 0 Å². The van der Waals surface area contributed by atoms with Crippen LogP contribution in [0, 0.1) is 0 Å². The minimum atomic E-state index is 0.000528. The molecular formula is C16H20N4O2S. The molecule has 1 aromatic carbocycles. The van der Waals surface area contributed by atoms with Crippen LogP contribution in [-0.4, -0.2) is 47.5 Å². The summed E-state index contributed by atoms with van der Waals surface area (Å²) in [5, 5.41) is 5.13. The minimum absolute atomic E-state index is 0.000528. The molecule has 0 atom stereocenters. The number of nitrogens with zero attached hydrogens (tertiary/aromatic N) is 4. The summed E-state index contributed by atoms with van der Waals surface area (Å²) in [6.07, 6.45) is 1.03. The average Bonchev–Trinajstić information content (AvgIpc) is 3.15. The third kappa shape index (κ3) is 2.98. The Morgan fingerprint density at radius 3 is 2.83 bits per heavy atom. The van der Waals surface area contributed by atoms with Gasteiger partial charge in [-0.05, 0) is 28.5 Å². The van der Waals surface area contributed by atoms with E-state index in [1.807, 2.05) is 0 Å². The number of fused-ring (bicyclic) bond motifs is 1. The highest BCUT2D eigenvalue weighted by Gasteiger charge is 2.21. The third-order valence-electron chi connectivity index (χ3n) is 4.49. The quantitative estimate of drug-likeness (QED) is 0.842. The second-order valence-electron chi connectivity index (χ2n) is 6.08. The molecule has 3 heterocycles. The van der Waals surface area contributed by atoms with Crippen molar-refractivity contribution in [1.82, 2.24) is 14.7 Å². The van der Waals surface area contributed by atoms with Crippen LogP contribution in [0.15, 0.2) is 23.0 Å². The molecule has 7 heteroatoms. The molecule has 2 aliphatic heterocycles. The minimum Gasteiger partial charge on any atom is -0.493 e. The fraction of sp³-hybridized carbons (Fsp3) is 0.500. The van der Waals surface area contributed by atoms with E-state index in [0.29, 0.717) is 0 Å². The smallest absolute Gasteiger partial charge is 0.326 e. The highest BCUT2D eigenvalue weighted by Crippen LogP contribution is 2.27. The summed E-state index contributed by atoms with van der Waals surface area (Å²) in [5.41, 5.74) is 2.63. The number of aryl methyl sites for hydroxylation is 1. The number of aromatic nitrogens is 2.